The zero-order chi connectivity index (χ0) is 21.5. The number of aryl methyl sites for hydroxylation is 2. The van der Waals surface area contributed by atoms with Gasteiger partial charge in [-0.15, -0.1) is 0 Å². The molecule has 5 rings (SSSR count). The first-order chi connectivity index (χ1) is 15.0. The molecule has 0 spiro atoms. The van der Waals surface area contributed by atoms with Crippen LogP contribution in [0.25, 0.3) is 0 Å². The van der Waals surface area contributed by atoms with Gasteiger partial charge < -0.3 is 14.9 Å². The van der Waals surface area contributed by atoms with Crippen LogP contribution in [-0.2, 0) is 12.8 Å². The molecule has 2 aromatic carbocycles. The Morgan fingerprint density at radius 3 is 2.55 bits per heavy atom. The van der Waals surface area contributed by atoms with Crippen LogP contribution in [-0.4, -0.2) is 61.3 Å². The molecule has 1 unspecified atom stereocenters. The predicted molar refractivity (Wildman–Crippen MR) is 125 cm³/mol. The van der Waals surface area contributed by atoms with E-state index in [4.69, 9.17) is 0 Å². The van der Waals surface area contributed by atoms with Crippen molar-refractivity contribution in [2.24, 2.45) is 0 Å². The number of nitrogens with zero attached hydrogens (tertiary/aromatic N) is 3. The third-order valence-electron chi connectivity index (χ3n) is 7.47. The number of anilines is 2. The average Bonchev–Trinajstić information content (AvgIpc) is 3.22. The lowest BCUT2D eigenvalue weighted by molar-refractivity contribution is 0.0962. The molecule has 1 atom stereocenters. The van der Waals surface area contributed by atoms with E-state index >= 15 is 0 Å². The second kappa shape index (κ2) is 8.29. The van der Waals surface area contributed by atoms with Crippen LogP contribution in [0.2, 0.25) is 0 Å². The molecule has 1 saturated heterocycles. The Kier molecular flexibility index (Phi) is 5.49. The van der Waals surface area contributed by atoms with Gasteiger partial charge in [0.05, 0.1) is 0 Å². The summed E-state index contributed by atoms with van der Waals surface area (Å²) >= 11 is 0. The maximum atomic E-state index is 13.0. The quantitative estimate of drug-likeness (QED) is 0.754. The number of hydrogen-bond donors (Lipinski definition) is 1. The fraction of sp³-hybridized carbons (Fsp3) is 0.500. The van der Waals surface area contributed by atoms with E-state index < -0.39 is 0 Å². The molecular formula is C26H33N3O2. The molecule has 1 N–H and O–H groups in total. The molecule has 0 amide bonds. The summed E-state index contributed by atoms with van der Waals surface area (Å²) in [6.07, 6.45) is 2.77. The lowest BCUT2D eigenvalue weighted by Gasteiger charge is -2.37. The molecule has 0 radical (unpaired) electrons. The Morgan fingerprint density at radius 1 is 1.03 bits per heavy atom. The maximum absolute atomic E-state index is 13.0. The van der Waals surface area contributed by atoms with Crippen LogP contribution >= 0.6 is 0 Å². The van der Waals surface area contributed by atoms with E-state index in [2.05, 4.69) is 58.9 Å². The van der Waals surface area contributed by atoms with Gasteiger partial charge in [0.25, 0.3) is 0 Å². The lowest BCUT2D eigenvalue weighted by Crippen LogP contribution is -2.47. The van der Waals surface area contributed by atoms with Gasteiger partial charge in [-0.2, -0.15) is 0 Å². The molecule has 3 aliphatic rings. The topological polar surface area (TPSA) is 47.0 Å². The maximum Gasteiger partial charge on any atom is 0.164 e. The molecule has 3 aliphatic heterocycles. The first-order valence-corrected chi connectivity index (χ1v) is 11.7. The number of Topliss-reactive ketones (excluding diaryl/α,β-unsaturated/α-hetero) is 1. The highest BCUT2D eigenvalue weighted by molar-refractivity contribution is 5.97. The average molecular weight is 420 g/mol. The van der Waals surface area contributed by atoms with E-state index in [1.807, 2.05) is 0 Å². The molecule has 0 bridgehead atoms. The number of carbonyl (C=O) groups is 1. The van der Waals surface area contributed by atoms with E-state index in [1.165, 1.54) is 33.6 Å². The zero-order valence-electron chi connectivity index (χ0n) is 18.7. The van der Waals surface area contributed by atoms with Crippen LogP contribution < -0.4 is 9.80 Å². The van der Waals surface area contributed by atoms with Crippen LogP contribution in [0, 0.1) is 13.8 Å². The summed E-state index contributed by atoms with van der Waals surface area (Å²) < 4.78 is 0. The zero-order valence-corrected chi connectivity index (χ0v) is 18.7. The Balaban J connectivity index is 1.18. The molecule has 1 fully saturated rings. The van der Waals surface area contributed by atoms with Gasteiger partial charge in [0.15, 0.2) is 5.78 Å². The molecule has 0 saturated carbocycles. The van der Waals surface area contributed by atoms with Crippen LogP contribution in [0.1, 0.15) is 45.5 Å². The molecule has 31 heavy (non-hydrogen) atoms. The fourth-order valence-electron chi connectivity index (χ4n) is 5.46. The van der Waals surface area contributed by atoms with Crippen molar-refractivity contribution in [3.8, 4) is 0 Å². The number of aliphatic hydroxyl groups excluding tert-OH is 1. The Hall–Kier alpha value is -2.37. The van der Waals surface area contributed by atoms with Crippen molar-refractivity contribution >= 4 is 17.2 Å². The summed E-state index contributed by atoms with van der Waals surface area (Å²) in [6, 6.07) is 10.7. The van der Waals surface area contributed by atoms with Crippen LogP contribution in [0.15, 0.2) is 30.3 Å². The fourth-order valence-corrected chi connectivity index (χ4v) is 5.46. The van der Waals surface area contributed by atoms with Crippen LogP contribution in [0.4, 0.5) is 11.4 Å². The van der Waals surface area contributed by atoms with Gasteiger partial charge in [0.2, 0.25) is 0 Å². The molecule has 3 heterocycles. The minimum atomic E-state index is -0.363. The van der Waals surface area contributed by atoms with E-state index in [0.717, 1.165) is 64.1 Å². The van der Waals surface area contributed by atoms with E-state index in [1.54, 1.807) is 0 Å². The van der Waals surface area contributed by atoms with E-state index in [9.17, 15) is 9.90 Å². The molecule has 2 aromatic rings. The van der Waals surface area contributed by atoms with Gasteiger partial charge in [-0.25, -0.2) is 0 Å². The Morgan fingerprint density at radius 2 is 1.77 bits per heavy atom. The van der Waals surface area contributed by atoms with Gasteiger partial charge in [-0.1, -0.05) is 12.1 Å². The van der Waals surface area contributed by atoms with Crippen molar-refractivity contribution in [2.45, 2.75) is 45.8 Å². The van der Waals surface area contributed by atoms with Gasteiger partial charge >= 0.3 is 0 Å². The van der Waals surface area contributed by atoms with Gasteiger partial charge in [-0.3, -0.25) is 9.69 Å². The summed E-state index contributed by atoms with van der Waals surface area (Å²) in [5.41, 5.74) is 8.60. The third kappa shape index (κ3) is 3.85. The minimum absolute atomic E-state index is 0.251. The van der Waals surface area contributed by atoms with E-state index in [0.29, 0.717) is 6.42 Å². The van der Waals surface area contributed by atoms with Crippen molar-refractivity contribution in [1.82, 2.24) is 4.90 Å². The Bertz CT molecular complexity index is 994. The summed E-state index contributed by atoms with van der Waals surface area (Å²) in [6.45, 7) is 10.1. The van der Waals surface area contributed by atoms with Gasteiger partial charge in [0.1, 0.15) is 6.23 Å². The molecule has 5 nitrogen and oxygen atoms in total. The normalized spacial score (nSPS) is 20.8. The van der Waals surface area contributed by atoms with Gasteiger partial charge in [0, 0.05) is 62.6 Å². The number of aliphatic hydroxyl groups is 1. The van der Waals surface area contributed by atoms with Crippen molar-refractivity contribution in [1.29, 1.82) is 0 Å². The summed E-state index contributed by atoms with van der Waals surface area (Å²) in [4.78, 5) is 20.0. The number of benzene rings is 2. The first-order valence-electron chi connectivity index (χ1n) is 11.7. The second-order valence-corrected chi connectivity index (χ2v) is 9.33. The monoisotopic (exact) mass is 419 g/mol. The number of ketones is 1. The predicted octanol–water partition coefficient (Wildman–Crippen LogP) is 3.33. The largest absolute Gasteiger partial charge is 0.374 e. The van der Waals surface area contributed by atoms with E-state index in [-0.39, 0.29) is 12.0 Å². The minimum Gasteiger partial charge on any atom is -0.374 e. The number of carbonyl (C=O) groups excluding carboxylic acids is 1. The molecular weight excluding hydrogens is 386 g/mol. The number of rotatable bonds is 5. The highest BCUT2D eigenvalue weighted by Crippen LogP contribution is 2.39. The second-order valence-electron chi connectivity index (χ2n) is 9.33. The SMILES string of the molecule is Cc1cccc(N2CCN(CCC(=O)c3cc4c5c(c3)CCN5C(O)CC4)CC2)c1C. The van der Waals surface area contributed by atoms with Crippen molar-refractivity contribution in [2.75, 3.05) is 49.1 Å². The summed E-state index contributed by atoms with van der Waals surface area (Å²) in [7, 11) is 0. The molecule has 164 valence electrons. The first kappa shape index (κ1) is 20.5. The number of piperazine rings is 1. The smallest absolute Gasteiger partial charge is 0.164 e. The molecule has 0 aliphatic carbocycles. The standard InChI is InChI=1S/C26H33N3O2/c1-18-4-3-5-23(19(18)2)28-14-12-27(13-15-28)10-9-24(30)22-16-20-6-7-25(31)29-11-8-21(17-22)26(20)29/h3-5,16-17,25,31H,6-15H2,1-2H3. The third-order valence-corrected chi connectivity index (χ3v) is 7.47. The Labute approximate surface area is 185 Å². The number of hydrogen-bond acceptors (Lipinski definition) is 5. The van der Waals surface area contributed by atoms with Crippen LogP contribution in [0.3, 0.4) is 0 Å². The van der Waals surface area contributed by atoms with Crippen molar-refractivity contribution in [3.63, 3.8) is 0 Å². The summed E-state index contributed by atoms with van der Waals surface area (Å²) in [5.74, 6) is 0.251. The molecule has 5 heteroatoms. The lowest BCUT2D eigenvalue weighted by atomic mass is 9.94. The summed E-state index contributed by atoms with van der Waals surface area (Å²) in [5, 5.41) is 10.2. The molecule has 0 aromatic heterocycles. The highest BCUT2D eigenvalue weighted by atomic mass is 16.3. The highest BCUT2D eigenvalue weighted by Gasteiger charge is 2.32. The van der Waals surface area contributed by atoms with Crippen molar-refractivity contribution in [3.05, 3.63) is 58.1 Å². The van der Waals surface area contributed by atoms with Crippen molar-refractivity contribution < 1.29 is 9.90 Å². The van der Waals surface area contributed by atoms with Gasteiger partial charge in [-0.05, 0) is 73.6 Å². The van der Waals surface area contributed by atoms with Crippen LogP contribution in [0.5, 0.6) is 0 Å².